The van der Waals surface area contributed by atoms with Crippen LogP contribution in [0.5, 0.6) is 0 Å². The van der Waals surface area contributed by atoms with E-state index in [2.05, 4.69) is 11.1 Å². The molecule has 0 aliphatic rings. The fraction of sp³-hybridized carbons (Fsp3) is 0.0769. The van der Waals surface area contributed by atoms with Gasteiger partial charge in [-0.2, -0.15) is 15.8 Å². The first kappa shape index (κ1) is 13.9. The zero-order valence-corrected chi connectivity index (χ0v) is 11.8. The normalized spacial score (nSPS) is 9.45. The fourth-order valence-electron chi connectivity index (χ4n) is 1.72. The van der Waals surface area contributed by atoms with Crippen LogP contribution in [0.3, 0.4) is 0 Å². The van der Waals surface area contributed by atoms with Gasteiger partial charge in [-0.05, 0) is 11.4 Å². The summed E-state index contributed by atoms with van der Waals surface area (Å²) in [5.41, 5.74) is 6.99. The molecule has 0 aliphatic heterocycles. The number of H-pyrrole nitrogens is 1. The maximum absolute atomic E-state index is 9.40. The van der Waals surface area contributed by atoms with Crippen LogP contribution < -0.4 is 10.7 Å². The Morgan fingerprint density at radius 1 is 1.25 bits per heavy atom. The molecule has 0 saturated heterocycles. The molecule has 2 aromatic heterocycles. The number of aromatic nitrogens is 1. The monoisotopic (exact) mass is 298 g/mol. The van der Waals surface area contributed by atoms with Gasteiger partial charge in [0.25, 0.3) is 5.82 Å². The largest absolute Gasteiger partial charge is 0.289 e. The summed E-state index contributed by atoms with van der Waals surface area (Å²) in [7, 11) is 0. The average molecular weight is 298 g/mol. The standard InChI is InChI=1S/C13H7N5S2/c14-3-5-20-13-9(7-16)11(10-2-1-4-19-10)8(6-15)12(17)18-13/h1-2,4H,5H2,(H2,17,18)/p+1. The van der Waals surface area contributed by atoms with E-state index in [9.17, 15) is 10.5 Å². The molecule has 2 aromatic rings. The molecule has 0 unspecified atom stereocenters. The van der Waals surface area contributed by atoms with E-state index in [0.29, 0.717) is 16.2 Å². The van der Waals surface area contributed by atoms with Crippen molar-refractivity contribution in [1.29, 1.82) is 15.8 Å². The molecule has 7 heteroatoms. The summed E-state index contributed by atoms with van der Waals surface area (Å²) in [6.45, 7) is 0. The fourth-order valence-corrected chi connectivity index (χ4v) is 3.19. The van der Waals surface area contributed by atoms with Gasteiger partial charge in [-0.1, -0.05) is 17.8 Å². The molecule has 2 rings (SSSR count). The number of hydrogen-bond acceptors (Lipinski definition) is 6. The molecule has 2 heterocycles. The van der Waals surface area contributed by atoms with Crippen LogP contribution in [0.15, 0.2) is 22.5 Å². The first-order valence-electron chi connectivity index (χ1n) is 5.45. The number of nitrogens with two attached hydrogens (primary N) is 1. The Hall–Kier alpha value is -2.53. The number of pyridine rings is 1. The Labute approximate surface area is 123 Å². The van der Waals surface area contributed by atoms with Crippen molar-refractivity contribution in [3.05, 3.63) is 28.6 Å². The van der Waals surface area contributed by atoms with Gasteiger partial charge in [0.2, 0.25) is 0 Å². The zero-order valence-electron chi connectivity index (χ0n) is 10.2. The van der Waals surface area contributed by atoms with E-state index in [-0.39, 0.29) is 17.1 Å². The van der Waals surface area contributed by atoms with Crippen molar-refractivity contribution in [3.63, 3.8) is 0 Å². The molecule has 0 spiro atoms. The summed E-state index contributed by atoms with van der Waals surface area (Å²) in [4.78, 5) is 3.64. The molecule has 0 radical (unpaired) electrons. The number of nitrogens with one attached hydrogen (secondary N) is 1. The highest BCUT2D eigenvalue weighted by atomic mass is 32.2. The highest BCUT2D eigenvalue weighted by Gasteiger charge is 2.24. The summed E-state index contributed by atoms with van der Waals surface area (Å²) >= 11 is 2.62. The summed E-state index contributed by atoms with van der Waals surface area (Å²) in [6.07, 6.45) is 0. The van der Waals surface area contributed by atoms with Crippen molar-refractivity contribution in [1.82, 2.24) is 0 Å². The van der Waals surface area contributed by atoms with Gasteiger partial charge in [0.1, 0.15) is 17.7 Å². The minimum atomic E-state index is 0.195. The summed E-state index contributed by atoms with van der Waals surface area (Å²) in [5, 5.41) is 29.7. The Bertz CT molecular complexity index is 760. The second kappa shape index (κ2) is 6.08. The number of nitriles is 3. The second-order valence-corrected chi connectivity index (χ2v) is 5.57. The molecule has 0 aliphatic carbocycles. The molecule has 96 valence electrons. The van der Waals surface area contributed by atoms with Crippen molar-refractivity contribution in [2.45, 2.75) is 5.03 Å². The number of nitrogens with zero attached hydrogens (tertiary/aromatic N) is 3. The van der Waals surface area contributed by atoms with Gasteiger partial charge >= 0.3 is 0 Å². The molecule has 0 atom stereocenters. The Kier molecular flexibility index (Phi) is 4.22. The lowest BCUT2D eigenvalue weighted by atomic mass is 10.0. The Balaban J connectivity index is 2.76. The molecule has 0 saturated carbocycles. The van der Waals surface area contributed by atoms with Crippen LogP contribution in [0.25, 0.3) is 10.4 Å². The van der Waals surface area contributed by atoms with Crippen LogP contribution in [0.1, 0.15) is 11.1 Å². The zero-order chi connectivity index (χ0) is 14.5. The molecule has 5 nitrogen and oxygen atoms in total. The number of nitrogen functional groups attached to an aromatic ring is 1. The number of hydrogen-bond donors (Lipinski definition) is 1. The minimum absolute atomic E-state index is 0.195. The van der Waals surface area contributed by atoms with Gasteiger partial charge < -0.3 is 0 Å². The van der Waals surface area contributed by atoms with Crippen molar-refractivity contribution in [2.75, 3.05) is 11.5 Å². The van der Waals surface area contributed by atoms with E-state index in [4.69, 9.17) is 11.0 Å². The molecule has 0 bridgehead atoms. The second-order valence-electron chi connectivity index (χ2n) is 3.64. The number of anilines is 1. The van der Waals surface area contributed by atoms with Crippen molar-refractivity contribution in [3.8, 4) is 28.6 Å². The van der Waals surface area contributed by atoms with Gasteiger partial charge in [-0.25, -0.2) is 4.98 Å². The SMILES string of the molecule is N#CCSc1[nH+]c(N)c(C#N)c(-c2cccs2)c1C#N. The topological polar surface area (TPSA) is 112 Å². The third kappa shape index (κ3) is 2.44. The maximum Gasteiger partial charge on any atom is 0.289 e. The highest BCUT2D eigenvalue weighted by Crippen LogP contribution is 2.35. The van der Waals surface area contributed by atoms with Crippen LogP contribution in [-0.4, -0.2) is 5.75 Å². The summed E-state index contributed by atoms with van der Waals surface area (Å²) in [6, 6.07) is 9.81. The molecule has 20 heavy (non-hydrogen) atoms. The van der Waals surface area contributed by atoms with Gasteiger partial charge in [0, 0.05) is 10.4 Å². The molecular formula is C13H8N5S2+. The molecule has 3 N–H and O–H groups in total. The lowest BCUT2D eigenvalue weighted by molar-refractivity contribution is -0.410. The minimum Gasteiger partial charge on any atom is -0.286 e. The predicted molar refractivity (Wildman–Crippen MR) is 76.5 cm³/mol. The first-order chi connectivity index (χ1) is 9.72. The van der Waals surface area contributed by atoms with Crippen LogP contribution in [0.2, 0.25) is 0 Å². The van der Waals surface area contributed by atoms with Gasteiger partial charge in [0.15, 0.2) is 10.6 Å². The number of thioether (sulfide) groups is 1. The first-order valence-corrected chi connectivity index (χ1v) is 7.32. The van der Waals surface area contributed by atoms with E-state index in [1.54, 1.807) is 0 Å². The molecular weight excluding hydrogens is 290 g/mol. The van der Waals surface area contributed by atoms with E-state index >= 15 is 0 Å². The lowest BCUT2D eigenvalue weighted by Gasteiger charge is -2.07. The highest BCUT2D eigenvalue weighted by molar-refractivity contribution is 7.99. The Morgan fingerprint density at radius 2 is 2.00 bits per heavy atom. The average Bonchev–Trinajstić information content (AvgIpc) is 2.98. The van der Waals surface area contributed by atoms with E-state index in [0.717, 1.165) is 4.88 Å². The van der Waals surface area contributed by atoms with E-state index in [1.165, 1.54) is 23.1 Å². The lowest BCUT2D eigenvalue weighted by Crippen LogP contribution is -2.18. The third-order valence-electron chi connectivity index (χ3n) is 2.52. The van der Waals surface area contributed by atoms with Crippen molar-refractivity contribution < 1.29 is 4.98 Å². The van der Waals surface area contributed by atoms with Gasteiger partial charge in [-0.15, -0.1) is 11.3 Å². The predicted octanol–water partition coefficient (Wildman–Crippen LogP) is 2.17. The van der Waals surface area contributed by atoms with Crippen LogP contribution in [-0.2, 0) is 0 Å². The van der Waals surface area contributed by atoms with Crippen LogP contribution in [0.4, 0.5) is 5.82 Å². The van der Waals surface area contributed by atoms with E-state index in [1.807, 2.05) is 29.7 Å². The smallest absolute Gasteiger partial charge is 0.286 e. The maximum atomic E-state index is 9.40. The Morgan fingerprint density at radius 3 is 2.55 bits per heavy atom. The van der Waals surface area contributed by atoms with Gasteiger partial charge in [-0.3, -0.25) is 5.73 Å². The molecule has 0 fully saturated rings. The summed E-state index contributed by atoms with van der Waals surface area (Å²) < 4.78 is 0. The van der Waals surface area contributed by atoms with E-state index < -0.39 is 0 Å². The molecule has 0 amide bonds. The number of aromatic amines is 1. The van der Waals surface area contributed by atoms with Gasteiger partial charge in [0.05, 0.1) is 11.8 Å². The number of rotatable bonds is 3. The van der Waals surface area contributed by atoms with Crippen molar-refractivity contribution >= 4 is 28.9 Å². The summed E-state index contributed by atoms with van der Waals surface area (Å²) in [5.74, 6) is 0.399. The number of thiophene rings is 1. The van der Waals surface area contributed by atoms with Crippen molar-refractivity contribution in [2.24, 2.45) is 0 Å². The molecule has 0 aromatic carbocycles. The quantitative estimate of drug-likeness (QED) is 0.873. The van der Waals surface area contributed by atoms with Crippen LogP contribution in [0, 0.1) is 34.0 Å². The van der Waals surface area contributed by atoms with Crippen LogP contribution >= 0.6 is 23.1 Å². The third-order valence-corrected chi connectivity index (χ3v) is 4.27.